The van der Waals surface area contributed by atoms with Crippen LogP contribution < -0.4 is 4.74 Å². The Labute approximate surface area is 95.5 Å². The van der Waals surface area contributed by atoms with E-state index in [1.165, 1.54) is 7.11 Å². The lowest BCUT2D eigenvalue weighted by Crippen LogP contribution is -2.23. The standard InChI is InChI=1S/C12H17NO3/c1-10(14)8-12(9-13-15-2)16-11-6-4-3-5-7-11/h3-7,9-10,12,14H,8H2,1-2H3. The van der Waals surface area contributed by atoms with Gasteiger partial charge in [0.2, 0.25) is 0 Å². The molecule has 0 bridgehead atoms. The van der Waals surface area contributed by atoms with Crippen LogP contribution in [0.15, 0.2) is 35.5 Å². The largest absolute Gasteiger partial charge is 0.485 e. The third-order valence-electron chi connectivity index (χ3n) is 1.94. The number of nitrogens with zero attached hydrogens (tertiary/aromatic N) is 1. The third kappa shape index (κ3) is 4.79. The van der Waals surface area contributed by atoms with Crippen molar-refractivity contribution in [3.05, 3.63) is 30.3 Å². The maximum absolute atomic E-state index is 9.32. The van der Waals surface area contributed by atoms with Gasteiger partial charge >= 0.3 is 0 Å². The minimum absolute atomic E-state index is 0.289. The quantitative estimate of drug-likeness (QED) is 0.591. The molecule has 1 aromatic rings. The molecular formula is C12H17NO3. The van der Waals surface area contributed by atoms with Crippen molar-refractivity contribution < 1.29 is 14.7 Å². The van der Waals surface area contributed by atoms with E-state index in [0.717, 1.165) is 5.75 Å². The molecule has 2 atom stereocenters. The molecule has 0 aliphatic heterocycles. The number of aliphatic hydroxyl groups excluding tert-OH is 1. The van der Waals surface area contributed by atoms with Gasteiger partial charge in [-0.25, -0.2) is 0 Å². The zero-order valence-corrected chi connectivity index (χ0v) is 9.54. The first-order chi connectivity index (χ1) is 7.72. The SMILES string of the molecule is CON=CC(CC(C)O)Oc1ccccc1. The summed E-state index contributed by atoms with van der Waals surface area (Å²) in [6.07, 6.45) is 1.28. The summed E-state index contributed by atoms with van der Waals surface area (Å²) in [6, 6.07) is 9.41. The summed E-state index contributed by atoms with van der Waals surface area (Å²) in [7, 11) is 1.47. The minimum Gasteiger partial charge on any atom is -0.485 e. The smallest absolute Gasteiger partial charge is 0.139 e. The van der Waals surface area contributed by atoms with Crippen molar-refractivity contribution >= 4 is 6.21 Å². The molecule has 0 aliphatic carbocycles. The van der Waals surface area contributed by atoms with E-state index in [9.17, 15) is 5.11 Å². The highest BCUT2D eigenvalue weighted by molar-refractivity contribution is 5.63. The maximum atomic E-state index is 9.32. The Morgan fingerprint density at radius 3 is 2.62 bits per heavy atom. The van der Waals surface area contributed by atoms with Crippen molar-refractivity contribution in [3.63, 3.8) is 0 Å². The van der Waals surface area contributed by atoms with Gasteiger partial charge in [-0.3, -0.25) is 0 Å². The van der Waals surface area contributed by atoms with E-state index < -0.39 is 6.10 Å². The van der Waals surface area contributed by atoms with Crippen molar-refractivity contribution in [2.24, 2.45) is 5.16 Å². The molecule has 0 saturated heterocycles. The van der Waals surface area contributed by atoms with Crippen molar-refractivity contribution in [2.45, 2.75) is 25.6 Å². The Hall–Kier alpha value is -1.55. The van der Waals surface area contributed by atoms with Gasteiger partial charge in [-0.2, -0.15) is 0 Å². The van der Waals surface area contributed by atoms with Crippen LogP contribution in [-0.4, -0.2) is 30.6 Å². The van der Waals surface area contributed by atoms with Gasteiger partial charge in [0.05, 0.1) is 12.3 Å². The average molecular weight is 223 g/mol. The molecule has 16 heavy (non-hydrogen) atoms. The highest BCUT2D eigenvalue weighted by atomic mass is 16.6. The Morgan fingerprint density at radius 2 is 2.06 bits per heavy atom. The molecule has 0 radical (unpaired) electrons. The van der Waals surface area contributed by atoms with Gasteiger partial charge in [0.15, 0.2) is 0 Å². The monoisotopic (exact) mass is 223 g/mol. The molecule has 0 aromatic heterocycles. The molecule has 1 aromatic carbocycles. The lowest BCUT2D eigenvalue weighted by molar-refractivity contribution is 0.134. The number of ether oxygens (including phenoxy) is 1. The van der Waals surface area contributed by atoms with E-state index in [4.69, 9.17) is 4.74 Å². The molecule has 1 N–H and O–H groups in total. The summed E-state index contributed by atoms with van der Waals surface area (Å²) in [5.74, 6) is 0.746. The zero-order chi connectivity index (χ0) is 11.8. The van der Waals surface area contributed by atoms with E-state index in [0.29, 0.717) is 6.42 Å². The van der Waals surface area contributed by atoms with E-state index in [-0.39, 0.29) is 6.10 Å². The van der Waals surface area contributed by atoms with Gasteiger partial charge in [-0.1, -0.05) is 23.4 Å². The summed E-state index contributed by atoms with van der Waals surface area (Å²) in [5.41, 5.74) is 0. The number of oxime groups is 1. The Balaban J connectivity index is 2.59. The van der Waals surface area contributed by atoms with Gasteiger partial charge < -0.3 is 14.7 Å². The van der Waals surface area contributed by atoms with Crippen LogP contribution in [0, 0.1) is 0 Å². The fourth-order valence-corrected chi connectivity index (χ4v) is 1.28. The van der Waals surface area contributed by atoms with Crippen LogP contribution in [0.5, 0.6) is 5.75 Å². The summed E-state index contributed by atoms with van der Waals surface area (Å²) in [6.45, 7) is 1.71. The number of rotatable bonds is 6. The second-order valence-electron chi connectivity index (χ2n) is 3.49. The maximum Gasteiger partial charge on any atom is 0.139 e. The topological polar surface area (TPSA) is 51.0 Å². The molecule has 0 heterocycles. The molecule has 0 fully saturated rings. The van der Waals surface area contributed by atoms with Gasteiger partial charge in [0.25, 0.3) is 0 Å². The number of hydrogen-bond acceptors (Lipinski definition) is 4. The predicted octanol–water partition coefficient (Wildman–Crippen LogP) is 1.84. The lowest BCUT2D eigenvalue weighted by atomic mass is 10.2. The number of para-hydroxylation sites is 1. The first-order valence-corrected chi connectivity index (χ1v) is 5.18. The molecule has 88 valence electrons. The van der Waals surface area contributed by atoms with Gasteiger partial charge in [0, 0.05) is 6.42 Å². The first-order valence-electron chi connectivity index (χ1n) is 5.18. The van der Waals surface area contributed by atoms with Crippen molar-refractivity contribution in [3.8, 4) is 5.75 Å². The van der Waals surface area contributed by atoms with Crippen LogP contribution >= 0.6 is 0 Å². The average Bonchev–Trinajstić information content (AvgIpc) is 2.26. The Morgan fingerprint density at radius 1 is 1.38 bits per heavy atom. The van der Waals surface area contributed by atoms with Crippen molar-refractivity contribution in [1.82, 2.24) is 0 Å². The summed E-state index contributed by atoms with van der Waals surface area (Å²) < 4.78 is 5.64. The Kier molecular flexibility index (Phi) is 5.36. The van der Waals surface area contributed by atoms with Gasteiger partial charge in [0.1, 0.15) is 19.0 Å². The van der Waals surface area contributed by atoms with E-state index >= 15 is 0 Å². The van der Waals surface area contributed by atoms with E-state index in [1.54, 1.807) is 13.1 Å². The van der Waals surface area contributed by atoms with E-state index in [2.05, 4.69) is 9.99 Å². The van der Waals surface area contributed by atoms with Crippen LogP contribution in [0.25, 0.3) is 0 Å². The first kappa shape index (κ1) is 12.5. The molecule has 0 amide bonds. The number of hydrogen-bond donors (Lipinski definition) is 1. The van der Waals surface area contributed by atoms with Crippen LogP contribution in [0.4, 0.5) is 0 Å². The molecular weight excluding hydrogens is 206 g/mol. The number of benzene rings is 1. The highest BCUT2D eigenvalue weighted by Gasteiger charge is 2.11. The predicted molar refractivity (Wildman–Crippen MR) is 62.7 cm³/mol. The van der Waals surface area contributed by atoms with Crippen LogP contribution in [0.3, 0.4) is 0 Å². The van der Waals surface area contributed by atoms with Crippen molar-refractivity contribution in [2.75, 3.05) is 7.11 Å². The van der Waals surface area contributed by atoms with Crippen LogP contribution in [0.1, 0.15) is 13.3 Å². The number of aliphatic hydroxyl groups is 1. The second kappa shape index (κ2) is 6.85. The van der Waals surface area contributed by atoms with E-state index in [1.807, 2.05) is 30.3 Å². The molecule has 4 heteroatoms. The van der Waals surface area contributed by atoms with Gasteiger partial charge in [-0.05, 0) is 19.1 Å². The summed E-state index contributed by atoms with van der Waals surface area (Å²) in [4.78, 5) is 4.60. The Bertz CT molecular complexity index is 311. The normalized spacial score (nSPS) is 14.7. The molecule has 0 aliphatic rings. The molecule has 4 nitrogen and oxygen atoms in total. The third-order valence-corrected chi connectivity index (χ3v) is 1.94. The highest BCUT2D eigenvalue weighted by Crippen LogP contribution is 2.12. The summed E-state index contributed by atoms with van der Waals surface area (Å²) in [5, 5.41) is 13.0. The van der Waals surface area contributed by atoms with Crippen LogP contribution in [-0.2, 0) is 4.84 Å². The second-order valence-corrected chi connectivity index (χ2v) is 3.49. The van der Waals surface area contributed by atoms with Gasteiger partial charge in [-0.15, -0.1) is 0 Å². The minimum atomic E-state index is -0.447. The van der Waals surface area contributed by atoms with Crippen LogP contribution in [0.2, 0.25) is 0 Å². The fourth-order valence-electron chi connectivity index (χ4n) is 1.28. The zero-order valence-electron chi connectivity index (χ0n) is 9.54. The molecule has 0 saturated carbocycles. The molecule has 0 spiro atoms. The molecule has 1 rings (SSSR count). The fraction of sp³-hybridized carbons (Fsp3) is 0.417. The summed E-state index contributed by atoms with van der Waals surface area (Å²) >= 11 is 0. The van der Waals surface area contributed by atoms with Crippen molar-refractivity contribution in [1.29, 1.82) is 0 Å². The molecule has 2 unspecified atom stereocenters. The lowest BCUT2D eigenvalue weighted by Gasteiger charge is -2.16.